The molecule has 4 amide bonds. The number of benzene rings is 1. The monoisotopic (exact) mass is 476 g/mol. The van der Waals surface area contributed by atoms with Crippen LogP contribution in [-0.4, -0.2) is 77.4 Å². The largest absolute Gasteiger partial charge is 0.339 e. The molecule has 0 aromatic heterocycles. The molecule has 1 N–H and O–H groups in total. The smallest absolute Gasteiger partial charge is 0.325 e. The standard InChI is InChI=1S/C25H34F2N4O3/c1-3-9-25(23(33)31(24(34)28-25)13-8-21-5-4-10-29(21)2)18-6-11-30(12-7-18)22(32)17-14-19(26)16-20(27)15-17/h14-16,18,21H,3-13H2,1-2H3,(H,28,34)/t21-,25+/m0/s1. The molecule has 3 aliphatic heterocycles. The van der Waals surface area contributed by atoms with Crippen LogP contribution in [0.2, 0.25) is 0 Å². The first kappa shape index (κ1) is 24.6. The van der Waals surface area contributed by atoms with E-state index in [0.29, 0.717) is 44.9 Å². The fraction of sp³-hybridized carbons (Fsp3) is 0.640. The van der Waals surface area contributed by atoms with Gasteiger partial charge in [-0.2, -0.15) is 0 Å². The Hall–Kier alpha value is -2.55. The predicted octanol–water partition coefficient (Wildman–Crippen LogP) is 3.39. The van der Waals surface area contributed by atoms with Gasteiger partial charge in [0, 0.05) is 37.3 Å². The lowest BCUT2D eigenvalue weighted by molar-refractivity contribution is -0.134. The van der Waals surface area contributed by atoms with Gasteiger partial charge in [-0.25, -0.2) is 13.6 Å². The third kappa shape index (κ3) is 4.67. The van der Waals surface area contributed by atoms with E-state index < -0.39 is 23.1 Å². The average molecular weight is 477 g/mol. The molecule has 3 heterocycles. The summed E-state index contributed by atoms with van der Waals surface area (Å²) < 4.78 is 27.1. The van der Waals surface area contributed by atoms with Gasteiger partial charge in [0.25, 0.3) is 11.8 Å². The number of amides is 4. The summed E-state index contributed by atoms with van der Waals surface area (Å²) in [7, 11) is 2.08. The van der Waals surface area contributed by atoms with Gasteiger partial charge in [-0.3, -0.25) is 14.5 Å². The van der Waals surface area contributed by atoms with E-state index in [1.165, 1.54) is 4.90 Å². The lowest BCUT2D eigenvalue weighted by atomic mass is 9.74. The van der Waals surface area contributed by atoms with Gasteiger partial charge in [-0.15, -0.1) is 0 Å². The van der Waals surface area contributed by atoms with Crippen molar-refractivity contribution in [3.63, 3.8) is 0 Å². The summed E-state index contributed by atoms with van der Waals surface area (Å²) in [5.41, 5.74) is -0.972. The van der Waals surface area contributed by atoms with Crippen molar-refractivity contribution >= 4 is 17.8 Å². The maximum atomic E-state index is 13.6. The average Bonchev–Trinajstić information content (AvgIpc) is 3.32. The van der Waals surface area contributed by atoms with Gasteiger partial charge in [0.2, 0.25) is 0 Å². The van der Waals surface area contributed by atoms with E-state index in [-0.39, 0.29) is 23.4 Å². The third-order valence-electron chi connectivity index (χ3n) is 7.79. The molecule has 186 valence electrons. The normalized spacial score (nSPS) is 26.4. The van der Waals surface area contributed by atoms with Crippen LogP contribution in [0.5, 0.6) is 0 Å². The predicted molar refractivity (Wildman–Crippen MR) is 123 cm³/mol. The number of imide groups is 1. The van der Waals surface area contributed by atoms with Gasteiger partial charge >= 0.3 is 6.03 Å². The second-order valence-electron chi connectivity index (χ2n) is 9.90. The van der Waals surface area contributed by atoms with Gasteiger partial charge in [-0.1, -0.05) is 13.3 Å². The van der Waals surface area contributed by atoms with Gasteiger partial charge in [-0.05, 0) is 70.2 Å². The Kier molecular flexibility index (Phi) is 7.21. The number of nitrogens with one attached hydrogen (secondary N) is 1. The van der Waals surface area contributed by atoms with Crippen LogP contribution in [0.4, 0.5) is 13.6 Å². The first-order valence-corrected chi connectivity index (χ1v) is 12.3. The Morgan fingerprint density at radius 3 is 2.35 bits per heavy atom. The highest BCUT2D eigenvalue weighted by molar-refractivity contribution is 6.07. The molecule has 3 fully saturated rings. The van der Waals surface area contributed by atoms with Crippen molar-refractivity contribution in [2.24, 2.45) is 5.92 Å². The maximum Gasteiger partial charge on any atom is 0.325 e. The molecule has 0 aliphatic carbocycles. The molecule has 3 aliphatic rings. The SMILES string of the molecule is CCC[C@]1(C2CCN(C(=O)c3cc(F)cc(F)c3)CC2)NC(=O)N(CC[C@@H]2CCCN2C)C1=O. The molecule has 3 saturated heterocycles. The van der Waals surface area contributed by atoms with Crippen molar-refractivity contribution < 1.29 is 23.2 Å². The molecule has 2 atom stereocenters. The Bertz CT molecular complexity index is 930. The molecule has 34 heavy (non-hydrogen) atoms. The van der Waals surface area contributed by atoms with E-state index in [0.717, 1.165) is 50.4 Å². The Balaban J connectivity index is 1.42. The molecule has 7 nitrogen and oxygen atoms in total. The highest BCUT2D eigenvalue weighted by atomic mass is 19.1. The highest BCUT2D eigenvalue weighted by Crippen LogP contribution is 2.37. The van der Waals surface area contributed by atoms with Crippen molar-refractivity contribution in [3.8, 4) is 0 Å². The number of nitrogens with zero attached hydrogens (tertiary/aromatic N) is 3. The van der Waals surface area contributed by atoms with Crippen LogP contribution in [0.1, 0.15) is 62.2 Å². The second-order valence-corrected chi connectivity index (χ2v) is 9.90. The van der Waals surface area contributed by atoms with Crippen molar-refractivity contribution in [1.29, 1.82) is 0 Å². The van der Waals surface area contributed by atoms with Crippen LogP contribution in [0, 0.1) is 17.6 Å². The third-order valence-corrected chi connectivity index (χ3v) is 7.79. The number of likely N-dealkylation sites (tertiary alicyclic amines) is 2. The molecule has 0 bridgehead atoms. The zero-order valence-electron chi connectivity index (χ0n) is 20.0. The van der Waals surface area contributed by atoms with Crippen LogP contribution in [0.3, 0.4) is 0 Å². The van der Waals surface area contributed by atoms with Crippen molar-refractivity contribution in [3.05, 3.63) is 35.4 Å². The summed E-state index contributed by atoms with van der Waals surface area (Å²) in [5, 5.41) is 3.04. The summed E-state index contributed by atoms with van der Waals surface area (Å²) >= 11 is 0. The van der Waals surface area contributed by atoms with Crippen LogP contribution in [-0.2, 0) is 4.79 Å². The van der Waals surface area contributed by atoms with Crippen LogP contribution >= 0.6 is 0 Å². The number of carbonyl (C=O) groups excluding carboxylic acids is 3. The van der Waals surface area contributed by atoms with Crippen LogP contribution in [0.15, 0.2) is 18.2 Å². The number of urea groups is 1. The molecule has 0 saturated carbocycles. The van der Waals surface area contributed by atoms with Gasteiger partial charge in [0.15, 0.2) is 0 Å². The summed E-state index contributed by atoms with van der Waals surface area (Å²) in [4.78, 5) is 44.5. The summed E-state index contributed by atoms with van der Waals surface area (Å²) in [6.07, 6.45) is 5.36. The first-order valence-electron chi connectivity index (χ1n) is 12.3. The zero-order chi connectivity index (χ0) is 24.5. The molecule has 9 heteroatoms. The number of rotatable bonds is 7. The molecule has 0 spiro atoms. The van der Waals surface area contributed by atoms with E-state index in [1.807, 2.05) is 6.92 Å². The van der Waals surface area contributed by atoms with Crippen molar-refractivity contribution in [2.75, 3.05) is 33.2 Å². The second kappa shape index (κ2) is 9.98. The summed E-state index contributed by atoms with van der Waals surface area (Å²) in [6.45, 7) is 4.18. The van der Waals surface area contributed by atoms with E-state index in [2.05, 4.69) is 17.3 Å². The quantitative estimate of drug-likeness (QED) is 0.613. The molecule has 4 rings (SSSR count). The minimum absolute atomic E-state index is 0.0208. The van der Waals surface area contributed by atoms with Gasteiger partial charge < -0.3 is 15.1 Å². The van der Waals surface area contributed by atoms with E-state index in [1.54, 1.807) is 4.90 Å². The number of piperidine rings is 1. The Morgan fingerprint density at radius 2 is 1.76 bits per heavy atom. The van der Waals surface area contributed by atoms with Crippen LogP contribution in [0.25, 0.3) is 0 Å². The lowest BCUT2D eigenvalue weighted by Gasteiger charge is -2.41. The fourth-order valence-electron chi connectivity index (χ4n) is 5.95. The molecule has 0 radical (unpaired) electrons. The maximum absolute atomic E-state index is 13.6. The molecule has 1 aromatic rings. The highest BCUT2D eigenvalue weighted by Gasteiger charge is 2.55. The van der Waals surface area contributed by atoms with Crippen LogP contribution < -0.4 is 5.32 Å². The summed E-state index contributed by atoms with van der Waals surface area (Å²) in [6, 6.07) is 2.88. The number of halogens is 2. The number of carbonyl (C=O) groups is 3. The van der Waals surface area contributed by atoms with Crippen molar-refractivity contribution in [2.45, 2.75) is 63.5 Å². The summed E-state index contributed by atoms with van der Waals surface area (Å²) in [5.74, 6) is -2.26. The van der Waals surface area contributed by atoms with Gasteiger partial charge in [0.05, 0.1) is 0 Å². The number of hydrogen-bond acceptors (Lipinski definition) is 4. The topological polar surface area (TPSA) is 73.0 Å². The fourth-order valence-corrected chi connectivity index (χ4v) is 5.95. The minimum atomic E-state index is -0.951. The molecular weight excluding hydrogens is 442 g/mol. The van der Waals surface area contributed by atoms with E-state index >= 15 is 0 Å². The first-order chi connectivity index (χ1) is 16.2. The molecular formula is C25H34F2N4O3. The van der Waals surface area contributed by atoms with Crippen molar-refractivity contribution in [1.82, 2.24) is 20.0 Å². The Morgan fingerprint density at radius 1 is 1.09 bits per heavy atom. The van der Waals surface area contributed by atoms with Gasteiger partial charge in [0.1, 0.15) is 17.2 Å². The minimum Gasteiger partial charge on any atom is -0.339 e. The van der Waals surface area contributed by atoms with E-state index in [9.17, 15) is 23.2 Å². The molecule has 0 unspecified atom stereocenters. The molecule has 1 aromatic carbocycles. The Labute approximate surface area is 199 Å². The zero-order valence-corrected chi connectivity index (χ0v) is 20.0. The lowest BCUT2D eigenvalue weighted by Crippen LogP contribution is -2.56. The number of hydrogen-bond donors (Lipinski definition) is 1. The van der Waals surface area contributed by atoms with E-state index in [4.69, 9.17) is 0 Å².